The maximum Gasteiger partial charge on any atom is 0.267 e. The van der Waals surface area contributed by atoms with Gasteiger partial charge in [0.1, 0.15) is 5.69 Å². The minimum absolute atomic E-state index is 0.168. The second-order valence-corrected chi connectivity index (χ2v) is 5.77. The molecule has 0 radical (unpaired) electrons. The molecule has 2 rings (SSSR count). The number of nitrogen functional groups attached to an aromatic ring is 1. The summed E-state index contributed by atoms with van der Waals surface area (Å²) in [6.07, 6.45) is 0. The summed E-state index contributed by atoms with van der Waals surface area (Å²) in [6, 6.07) is 8.83. The van der Waals surface area contributed by atoms with Crippen molar-refractivity contribution in [3.8, 4) is 0 Å². The molecule has 2 aromatic rings. The number of carbonyl (C=O) groups excluding carboxylic acids is 1. The van der Waals surface area contributed by atoms with Gasteiger partial charge in [-0.2, -0.15) is 0 Å². The molecule has 0 aliphatic rings. The molecule has 5 nitrogen and oxygen atoms in total. The third kappa shape index (κ3) is 3.35. The molecule has 19 heavy (non-hydrogen) atoms. The topological polar surface area (TPSA) is 94.0 Å². The van der Waals surface area contributed by atoms with Crippen LogP contribution in [0.25, 0.3) is 0 Å². The highest BCUT2D eigenvalue weighted by molar-refractivity contribution is 14.1. The minimum Gasteiger partial charge on any atom is -0.396 e. The van der Waals surface area contributed by atoms with Crippen LogP contribution in [-0.2, 0) is 0 Å². The van der Waals surface area contributed by atoms with Crippen molar-refractivity contribution >= 4 is 61.6 Å². The number of pyridine rings is 1. The predicted molar refractivity (Wildman–Crippen MR) is 87.3 cm³/mol. The summed E-state index contributed by atoms with van der Waals surface area (Å²) in [6.45, 7) is 0. The molecule has 0 fully saturated rings. The highest BCUT2D eigenvalue weighted by Gasteiger charge is 2.08. The molecule has 98 valence electrons. The number of nitrogens with two attached hydrogens (primary N) is 2. The molecule has 1 amide bonds. The maximum absolute atomic E-state index is 11.1. The summed E-state index contributed by atoms with van der Waals surface area (Å²) in [7, 11) is 0. The number of halogens is 2. The summed E-state index contributed by atoms with van der Waals surface area (Å²) in [5, 5.41) is 3.06. The van der Waals surface area contributed by atoms with Crippen LogP contribution in [0.1, 0.15) is 10.5 Å². The zero-order valence-electron chi connectivity index (χ0n) is 9.65. The fourth-order valence-electron chi connectivity index (χ4n) is 1.42. The minimum atomic E-state index is -0.591. The largest absolute Gasteiger partial charge is 0.396 e. The molecule has 0 aliphatic heterocycles. The van der Waals surface area contributed by atoms with Crippen molar-refractivity contribution in [3.63, 3.8) is 0 Å². The van der Waals surface area contributed by atoms with E-state index in [1.165, 1.54) is 6.07 Å². The van der Waals surface area contributed by atoms with Crippen molar-refractivity contribution in [1.82, 2.24) is 4.98 Å². The lowest BCUT2D eigenvalue weighted by Gasteiger charge is -2.10. The van der Waals surface area contributed by atoms with Gasteiger partial charge in [-0.05, 0) is 68.9 Å². The molecule has 1 aromatic carbocycles. The van der Waals surface area contributed by atoms with Crippen molar-refractivity contribution in [2.45, 2.75) is 0 Å². The Hall–Kier alpha value is -1.35. The van der Waals surface area contributed by atoms with E-state index >= 15 is 0 Å². The van der Waals surface area contributed by atoms with Crippen molar-refractivity contribution in [2.24, 2.45) is 5.73 Å². The molecule has 1 aromatic heterocycles. The Labute approximate surface area is 132 Å². The fraction of sp³-hybridized carbons (Fsp3) is 0. The molecule has 0 bridgehead atoms. The number of nitrogens with one attached hydrogen (secondary N) is 1. The number of carbonyl (C=O) groups is 1. The maximum atomic E-state index is 11.1. The summed E-state index contributed by atoms with van der Waals surface area (Å²) in [5.41, 5.74) is 12.4. The van der Waals surface area contributed by atoms with Crippen LogP contribution >= 0.6 is 38.5 Å². The number of anilines is 3. The van der Waals surface area contributed by atoms with Crippen LogP contribution in [0.2, 0.25) is 0 Å². The van der Waals surface area contributed by atoms with E-state index in [0.717, 1.165) is 13.7 Å². The highest BCUT2D eigenvalue weighted by Crippen LogP contribution is 2.26. The number of nitrogens with zero attached hydrogens (tertiary/aromatic N) is 1. The number of rotatable bonds is 3. The van der Waals surface area contributed by atoms with E-state index in [-0.39, 0.29) is 5.69 Å². The van der Waals surface area contributed by atoms with Gasteiger partial charge in [0.15, 0.2) is 5.82 Å². The van der Waals surface area contributed by atoms with E-state index in [2.05, 4.69) is 48.8 Å². The lowest BCUT2D eigenvalue weighted by atomic mass is 10.3. The van der Waals surface area contributed by atoms with Gasteiger partial charge in [0.05, 0.1) is 5.69 Å². The van der Waals surface area contributed by atoms with E-state index in [4.69, 9.17) is 11.5 Å². The lowest BCUT2D eigenvalue weighted by Crippen LogP contribution is -2.14. The fourth-order valence-corrected chi connectivity index (χ4v) is 2.13. The van der Waals surface area contributed by atoms with E-state index in [9.17, 15) is 4.79 Å². The molecule has 0 aliphatic carbocycles. The van der Waals surface area contributed by atoms with E-state index in [1.54, 1.807) is 6.07 Å². The third-order valence-corrected chi connectivity index (χ3v) is 4.70. The Bertz CT molecular complexity index is 648. The first-order valence-electron chi connectivity index (χ1n) is 5.26. The Morgan fingerprint density at radius 3 is 2.68 bits per heavy atom. The number of hydrogen-bond acceptors (Lipinski definition) is 4. The van der Waals surface area contributed by atoms with Gasteiger partial charge < -0.3 is 16.8 Å². The molecule has 7 heteroatoms. The van der Waals surface area contributed by atoms with Gasteiger partial charge in [-0.1, -0.05) is 0 Å². The van der Waals surface area contributed by atoms with Crippen LogP contribution in [0.3, 0.4) is 0 Å². The summed E-state index contributed by atoms with van der Waals surface area (Å²) >= 11 is 5.66. The number of amides is 1. The summed E-state index contributed by atoms with van der Waals surface area (Å²) < 4.78 is 2.05. The van der Waals surface area contributed by atoms with Gasteiger partial charge >= 0.3 is 0 Å². The van der Waals surface area contributed by atoms with Crippen LogP contribution in [-0.4, -0.2) is 10.9 Å². The van der Waals surface area contributed by atoms with E-state index < -0.39 is 5.91 Å². The number of benzene rings is 1. The first kappa shape index (κ1) is 14.1. The number of primary amides is 1. The van der Waals surface area contributed by atoms with E-state index in [0.29, 0.717) is 11.5 Å². The smallest absolute Gasteiger partial charge is 0.267 e. The molecule has 0 saturated carbocycles. The molecule has 0 spiro atoms. The first-order chi connectivity index (χ1) is 8.97. The standard InChI is InChI=1S/C12H10BrIN4O/c13-7-5-6(1-2-8(7)14)17-12-9(15)3-4-10(18-12)11(16)19/h1-5H,15H2,(H2,16,19)(H,17,18). The average Bonchev–Trinajstić information content (AvgIpc) is 2.36. The van der Waals surface area contributed by atoms with Gasteiger partial charge in [-0.25, -0.2) is 4.98 Å². The van der Waals surface area contributed by atoms with Crippen LogP contribution in [0, 0.1) is 3.57 Å². The quantitative estimate of drug-likeness (QED) is 0.650. The average molecular weight is 433 g/mol. The number of aromatic nitrogens is 1. The van der Waals surface area contributed by atoms with Crippen molar-refractivity contribution < 1.29 is 4.79 Å². The number of hydrogen-bond donors (Lipinski definition) is 3. The van der Waals surface area contributed by atoms with Crippen molar-refractivity contribution in [3.05, 3.63) is 44.1 Å². The summed E-state index contributed by atoms with van der Waals surface area (Å²) in [4.78, 5) is 15.2. The zero-order chi connectivity index (χ0) is 14.0. The monoisotopic (exact) mass is 432 g/mol. The van der Waals surface area contributed by atoms with Crippen molar-refractivity contribution in [1.29, 1.82) is 0 Å². The van der Waals surface area contributed by atoms with Gasteiger partial charge in [0, 0.05) is 13.7 Å². The normalized spacial score (nSPS) is 10.2. The Morgan fingerprint density at radius 1 is 1.32 bits per heavy atom. The predicted octanol–water partition coefficient (Wildman–Crippen LogP) is 2.87. The lowest BCUT2D eigenvalue weighted by molar-refractivity contribution is 0.0996. The van der Waals surface area contributed by atoms with Crippen LogP contribution < -0.4 is 16.8 Å². The van der Waals surface area contributed by atoms with Crippen LogP contribution in [0.15, 0.2) is 34.8 Å². The second-order valence-electron chi connectivity index (χ2n) is 3.75. The zero-order valence-corrected chi connectivity index (χ0v) is 13.4. The van der Waals surface area contributed by atoms with Gasteiger partial charge in [0.25, 0.3) is 5.91 Å². The SMILES string of the molecule is NC(=O)c1ccc(N)c(Nc2ccc(I)c(Br)c2)n1. The molecular formula is C12H10BrIN4O. The Morgan fingerprint density at radius 2 is 2.05 bits per heavy atom. The van der Waals surface area contributed by atoms with Crippen LogP contribution in [0.4, 0.5) is 17.2 Å². The van der Waals surface area contributed by atoms with Gasteiger partial charge in [0.2, 0.25) is 0 Å². The molecule has 1 heterocycles. The Balaban J connectivity index is 2.34. The second kappa shape index (κ2) is 5.74. The molecule has 5 N–H and O–H groups in total. The van der Waals surface area contributed by atoms with Crippen LogP contribution in [0.5, 0.6) is 0 Å². The van der Waals surface area contributed by atoms with E-state index in [1.807, 2.05) is 18.2 Å². The van der Waals surface area contributed by atoms with Gasteiger partial charge in [-0.3, -0.25) is 4.79 Å². The highest BCUT2D eigenvalue weighted by atomic mass is 127. The molecule has 0 saturated heterocycles. The first-order valence-corrected chi connectivity index (χ1v) is 7.13. The third-order valence-electron chi connectivity index (χ3n) is 2.36. The molecule has 0 atom stereocenters. The van der Waals surface area contributed by atoms with Gasteiger partial charge in [-0.15, -0.1) is 0 Å². The molecular weight excluding hydrogens is 423 g/mol. The Kier molecular flexibility index (Phi) is 4.25. The van der Waals surface area contributed by atoms with Crippen molar-refractivity contribution in [2.75, 3.05) is 11.1 Å². The summed E-state index contributed by atoms with van der Waals surface area (Å²) in [5.74, 6) is -0.184. The molecule has 0 unspecified atom stereocenters.